The third kappa shape index (κ3) is 22.2. The van der Waals surface area contributed by atoms with Crippen LogP contribution in [0.5, 0.6) is 0 Å². The van der Waals surface area contributed by atoms with Crippen LogP contribution in [-0.2, 0) is 134 Å². The van der Waals surface area contributed by atoms with Crippen molar-refractivity contribution >= 4 is 72.0 Å². The van der Waals surface area contributed by atoms with Gasteiger partial charge in [0.25, 0.3) is 43.8 Å². The van der Waals surface area contributed by atoms with Crippen molar-refractivity contribution in [3.05, 3.63) is 393 Å². The molecule has 748 valence electrons. The van der Waals surface area contributed by atoms with Gasteiger partial charge in [-0.3, -0.25) is 57.9 Å². The van der Waals surface area contributed by atoms with Gasteiger partial charge in [0, 0.05) is 25.7 Å². The molecule has 0 saturated carbocycles. The van der Waals surface area contributed by atoms with Crippen LogP contribution in [0.4, 0.5) is 0 Å². The van der Waals surface area contributed by atoms with Crippen molar-refractivity contribution in [3.63, 3.8) is 0 Å². The number of imide groups is 3. The highest BCUT2D eigenvalue weighted by molar-refractivity contribution is 6.99. The summed E-state index contributed by atoms with van der Waals surface area (Å²) in [6, 6.07) is 84.3. The first-order valence-corrected chi connectivity index (χ1v) is 50.0. The van der Waals surface area contributed by atoms with E-state index in [1.165, 1.54) is 48.5 Å². The van der Waals surface area contributed by atoms with E-state index >= 15 is 33.6 Å². The molecule has 20 atom stereocenters. The highest BCUT2D eigenvalue weighted by Gasteiger charge is 2.66. The lowest BCUT2D eigenvalue weighted by Crippen LogP contribution is -2.73. The minimum absolute atomic E-state index is 0.0175. The van der Waals surface area contributed by atoms with Gasteiger partial charge in [-0.2, -0.15) is 0 Å². The second kappa shape index (κ2) is 46.1. The van der Waals surface area contributed by atoms with Gasteiger partial charge in [0.05, 0.1) is 99.4 Å². The Kier molecular flexibility index (Phi) is 32.2. The molecule has 7 heterocycles. The number of azide groups is 1. The van der Waals surface area contributed by atoms with E-state index in [9.17, 15) is 15.1 Å². The normalized spacial score (nSPS) is 25.6. The van der Waals surface area contributed by atoms with E-state index in [1.807, 2.05) is 197 Å². The Morgan fingerprint density at radius 2 is 0.559 bits per heavy atom. The Bertz CT molecular complexity index is 6280. The number of fused-ring (bicyclic) bond motifs is 3. The largest absolute Gasteiger partial charge is 0.457 e. The summed E-state index contributed by atoms with van der Waals surface area (Å²) in [6.45, 7) is 6.83. The number of rotatable bonds is 39. The molecule has 11 aromatic carbocycles. The molecule has 7 aliphatic heterocycles. The molecule has 0 N–H and O–H groups in total. The zero-order chi connectivity index (χ0) is 101. The standard InChI is InChI=1S/C112H110N6O26Si/c1-69(119)135-99-91(116-102(122)80-53-31-32-54-81(80)103(116)123)109(133-64-77-47-25-12-26-48-77)139-89(68-134-145(112(4,5)6,78-49-27-13-28-50-78)79-51-29-14-30-52-79)97(99)144-111-93(118-106(126)84-57-35-36-58-85(84)107(118)127)101(137-71(3)121)96(88(141-111)67-130-61-74-41-19-9-20-42-74)143-110-92(117-104(124)82-55-33-34-56-83(82)105(117)125)100(136-70(2)120)95(87(140-110)66-129-60-73-39-17-8-18-40-73)142-108-90(114-115-113)98(132-63-76-45-23-11-24-46-76)94(131-62-75-43-21-10-22-44-75)86(138-108)65-128-59-72-37-15-7-16-38-72/h7-58,86-101,108-111H,59-68H2,1-6H3/t86?,87?,88?,89?,90-,91-,92-,93-,94+,95+,96+,97+,98+,99+,100+,101+,108?,109?,110?,111?/m0/s1. The number of carbonyl (C=O) groups excluding carboxylic acids is 9. The van der Waals surface area contributed by atoms with Gasteiger partial charge in [0.1, 0.15) is 79.1 Å². The molecule has 0 radical (unpaired) electrons. The molecule has 4 saturated heterocycles. The lowest BCUT2D eigenvalue weighted by molar-refractivity contribution is -0.372. The van der Waals surface area contributed by atoms with E-state index in [4.69, 9.17) is 80.2 Å². The summed E-state index contributed by atoms with van der Waals surface area (Å²) in [5, 5.41) is 5.27. The molecule has 0 aromatic heterocycles. The van der Waals surface area contributed by atoms with Gasteiger partial charge in [0.15, 0.2) is 43.5 Å². The quantitative estimate of drug-likeness (QED) is 0.00657. The first-order valence-electron chi connectivity index (χ1n) is 48.1. The minimum atomic E-state index is -3.79. The van der Waals surface area contributed by atoms with Crippen LogP contribution in [0, 0.1) is 0 Å². The van der Waals surface area contributed by atoms with Crippen LogP contribution in [-0.4, -0.2) is 225 Å². The Morgan fingerprint density at radius 1 is 0.310 bits per heavy atom. The average Bonchev–Trinajstić information content (AvgIpc) is 1.65. The van der Waals surface area contributed by atoms with Gasteiger partial charge in [-0.1, -0.05) is 305 Å². The molecule has 0 aliphatic carbocycles. The molecular formula is C112H110N6O26Si. The topological polar surface area (TPSA) is 369 Å². The third-order valence-corrected chi connectivity index (χ3v) is 31.7. The smallest absolute Gasteiger partial charge is 0.303 e. The zero-order valence-electron chi connectivity index (χ0n) is 80.4. The van der Waals surface area contributed by atoms with E-state index < -0.39 is 209 Å². The number of ether oxygens (including phenoxy) is 16. The SMILES string of the molecule is CC(=O)O[C@H]1[C@H](OC2OC(COCc3ccccc3)[C@@H](OCc3ccccc3)[C@H](OCc3ccccc3)[C@@H]2N=[N+]=[N-])C(COCc2ccccc2)OC(O[C@@H]2C(COCc3ccccc3)OC(O[C@@H]3C(CO[Si](c4ccccc4)(c4ccccc4)C(C)(C)C)OC(OCc4ccccc4)[C@@H](N4C(=O)c5ccccc5C4=O)[C@H]3OC(C)=O)[C@@H](N3C(=O)c4ccccc4C3=O)[C@H]2OC(C)=O)[C@H]1N1C(=O)c2ccccc2C1=O. The number of hydrogen-bond donors (Lipinski definition) is 0. The van der Waals surface area contributed by atoms with Crippen LogP contribution in [0.3, 0.4) is 0 Å². The van der Waals surface area contributed by atoms with Gasteiger partial charge < -0.3 is 80.2 Å². The molecular weight excluding hydrogens is 1870 g/mol. The highest BCUT2D eigenvalue weighted by Crippen LogP contribution is 2.47. The second-order valence-corrected chi connectivity index (χ2v) is 41.5. The van der Waals surface area contributed by atoms with Crippen LogP contribution in [0.2, 0.25) is 5.04 Å². The molecule has 145 heavy (non-hydrogen) atoms. The van der Waals surface area contributed by atoms with Crippen molar-refractivity contribution in [2.24, 2.45) is 5.11 Å². The predicted molar refractivity (Wildman–Crippen MR) is 524 cm³/mol. The lowest BCUT2D eigenvalue weighted by Gasteiger charge is -2.54. The number of esters is 3. The van der Waals surface area contributed by atoms with Crippen molar-refractivity contribution in [2.45, 2.75) is 209 Å². The van der Waals surface area contributed by atoms with Crippen molar-refractivity contribution in [1.82, 2.24) is 14.7 Å². The van der Waals surface area contributed by atoms with Gasteiger partial charge in [-0.25, -0.2) is 0 Å². The first-order chi connectivity index (χ1) is 70.5. The summed E-state index contributed by atoms with van der Waals surface area (Å²) in [7, 11) is -3.79. The number of amides is 6. The van der Waals surface area contributed by atoms with Crippen molar-refractivity contribution < 1.29 is 123 Å². The lowest BCUT2D eigenvalue weighted by atomic mass is 9.91. The predicted octanol–water partition coefficient (Wildman–Crippen LogP) is 14.1. The summed E-state index contributed by atoms with van der Waals surface area (Å²) in [5.74, 6) is -8.76. The fourth-order valence-electron chi connectivity index (χ4n) is 20.2. The van der Waals surface area contributed by atoms with Crippen molar-refractivity contribution in [3.8, 4) is 0 Å². The number of carbonyl (C=O) groups is 9. The highest BCUT2D eigenvalue weighted by atomic mass is 28.4. The van der Waals surface area contributed by atoms with E-state index in [2.05, 4.69) is 10.0 Å². The first kappa shape index (κ1) is 101. The average molecular weight is 1980 g/mol. The van der Waals surface area contributed by atoms with E-state index in [-0.39, 0.29) is 79.6 Å². The molecule has 32 nitrogen and oxygen atoms in total. The maximum absolute atomic E-state index is 16.3. The summed E-state index contributed by atoms with van der Waals surface area (Å²) in [5.41, 5.74) is 14.6. The maximum Gasteiger partial charge on any atom is 0.303 e. The Morgan fingerprint density at radius 3 is 0.862 bits per heavy atom. The Hall–Kier alpha value is -13.8. The zero-order valence-corrected chi connectivity index (χ0v) is 81.4. The van der Waals surface area contributed by atoms with Crippen LogP contribution in [0.15, 0.2) is 321 Å². The summed E-state index contributed by atoms with van der Waals surface area (Å²) in [6.07, 6.45) is -28.9. The van der Waals surface area contributed by atoms with Gasteiger partial charge in [-0.15, -0.1) is 0 Å². The third-order valence-electron chi connectivity index (χ3n) is 26.7. The van der Waals surface area contributed by atoms with E-state index in [1.54, 1.807) is 91.0 Å². The molecule has 0 spiro atoms. The molecule has 33 heteroatoms. The minimum Gasteiger partial charge on any atom is -0.457 e. The monoisotopic (exact) mass is 1980 g/mol. The summed E-state index contributed by atoms with van der Waals surface area (Å²) < 4.78 is 122. The molecule has 8 unspecified atom stereocenters. The molecule has 6 amide bonds. The summed E-state index contributed by atoms with van der Waals surface area (Å²) in [4.78, 5) is 147. The molecule has 0 bridgehead atoms. The molecule has 7 aliphatic rings. The van der Waals surface area contributed by atoms with Crippen LogP contribution >= 0.6 is 0 Å². The van der Waals surface area contributed by atoms with Crippen molar-refractivity contribution in [1.29, 1.82) is 0 Å². The van der Waals surface area contributed by atoms with Gasteiger partial charge in [0.2, 0.25) is 0 Å². The fourth-order valence-corrected chi connectivity index (χ4v) is 24.8. The van der Waals surface area contributed by atoms with Gasteiger partial charge >= 0.3 is 17.9 Å². The maximum atomic E-state index is 16.3. The Labute approximate surface area is 838 Å². The number of hydrogen-bond acceptors (Lipinski definition) is 27. The molecule has 11 aromatic rings. The van der Waals surface area contributed by atoms with Crippen molar-refractivity contribution in [2.75, 3.05) is 26.4 Å². The molecule has 4 fully saturated rings. The number of benzene rings is 11. The van der Waals surface area contributed by atoms with Gasteiger partial charge in [-0.05, 0) is 90.7 Å². The summed E-state index contributed by atoms with van der Waals surface area (Å²) >= 11 is 0. The fraction of sp³-hybridized carbons (Fsp3) is 0.330. The van der Waals surface area contributed by atoms with Crippen LogP contribution in [0.25, 0.3) is 10.4 Å². The molecule has 18 rings (SSSR count). The second-order valence-electron chi connectivity index (χ2n) is 37.2. The van der Waals surface area contributed by atoms with E-state index in [0.29, 0.717) is 22.3 Å². The number of nitrogens with zero attached hydrogens (tertiary/aromatic N) is 6. The van der Waals surface area contributed by atoms with Crippen LogP contribution in [0.1, 0.15) is 137 Å². The Balaban J connectivity index is 0.812. The van der Waals surface area contributed by atoms with Crippen LogP contribution < -0.4 is 10.4 Å². The van der Waals surface area contributed by atoms with E-state index in [0.717, 1.165) is 57.0 Å².